The molecule has 4 heterocycles. The highest BCUT2D eigenvalue weighted by atomic mass is 16.3. The van der Waals surface area contributed by atoms with Crippen molar-refractivity contribution in [2.24, 2.45) is 0 Å². The van der Waals surface area contributed by atoms with Gasteiger partial charge in [0.15, 0.2) is 11.2 Å². The summed E-state index contributed by atoms with van der Waals surface area (Å²) in [5.74, 6) is 0. The highest BCUT2D eigenvalue weighted by molar-refractivity contribution is 6.25. The molecule has 270 valence electrons. The summed E-state index contributed by atoms with van der Waals surface area (Å²) in [5.41, 5.74) is 14.8. The molecule has 0 aliphatic carbocycles. The van der Waals surface area contributed by atoms with E-state index >= 15 is 0 Å². The first-order valence-electron chi connectivity index (χ1n) is 19.8. The second-order valence-electron chi connectivity index (χ2n) is 15.2. The fraction of sp³-hybridized carbons (Fsp3) is 0. The molecule has 0 bridgehead atoms. The Morgan fingerprint density at radius 3 is 1.38 bits per heavy atom. The summed E-state index contributed by atoms with van der Waals surface area (Å²) < 4.78 is 18.1. The number of para-hydroxylation sites is 6. The van der Waals surface area contributed by atoms with E-state index in [9.17, 15) is 0 Å². The van der Waals surface area contributed by atoms with Gasteiger partial charge in [-0.2, -0.15) is 0 Å². The van der Waals surface area contributed by atoms with Crippen molar-refractivity contribution in [2.75, 3.05) is 0 Å². The minimum absolute atomic E-state index is 0.880. The van der Waals surface area contributed by atoms with Crippen LogP contribution < -0.4 is 0 Å². The molecule has 13 aromatic rings. The average molecular weight is 741 g/mol. The molecular weight excluding hydrogens is 709 g/mol. The number of furan rings is 2. The van der Waals surface area contributed by atoms with E-state index in [1.807, 2.05) is 12.1 Å². The Kier molecular flexibility index (Phi) is 6.41. The summed E-state index contributed by atoms with van der Waals surface area (Å²) in [6.45, 7) is 0. The van der Waals surface area contributed by atoms with E-state index in [2.05, 4.69) is 191 Å². The minimum Gasteiger partial charge on any atom is -0.454 e. The maximum Gasteiger partial charge on any atom is 0.159 e. The normalized spacial score (nSPS) is 12.1. The van der Waals surface area contributed by atoms with Gasteiger partial charge in [0.25, 0.3) is 0 Å². The van der Waals surface area contributed by atoms with Gasteiger partial charge in [-0.25, -0.2) is 0 Å². The van der Waals surface area contributed by atoms with Crippen LogP contribution >= 0.6 is 0 Å². The Morgan fingerprint density at radius 2 is 0.759 bits per heavy atom. The predicted octanol–water partition coefficient (Wildman–Crippen LogP) is 15.0. The van der Waals surface area contributed by atoms with Crippen LogP contribution in [0.25, 0.3) is 121 Å². The van der Waals surface area contributed by atoms with E-state index in [4.69, 9.17) is 8.83 Å². The molecule has 0 radical (unpaired) electrons. The maximum absolute atomic E-state index is 6.68. The Balaban J connectivity index is 1.18. The number of benzene rings is 9. The predicted molar refractivity (Wildman–Crippen MR) is 241 cm³/mol. The molecule has 4 nitrogen and oxygen atoms in total. The van der Waals surface area contributed by atoms with Gasteiger partial charge in [-0.1, -0.05) is 146 Å². The van der Waals surface area contributed by atoms with Crippen LogP contribution in [-0.2, 0) is 0 Å². The summed E-state index contributed by atoms with van der Waals surface area (Å²) in [6, 6.07) is 69.5. The van der Waals surface area contributed by atoms with Gasteiger partial charge >= 0.3 is 0 Å². The smallest absolute Gasteiger partial charge is 0.159 e. The summed E-state index contributed by atoms with van der Waals surface area (Å²) in [6.07, 6.45) is 0. The van der Waals surface area contributed by atoms with Crippen LogP contribution in [0.15, 0.2) is 203 Å². The first-order valence-corrected chi connectivity index (χ1v) is 19.8. The summed E-state index contributed by atoms with van der Waals surface area (Å²) in [5, 5.41) is 9.24. The zero-order chi connectivity index (χ0) is 37.9. The van der Waals surface area contributed by atoms with Crippen molar-refractivity contribution in [2.45, 2.75) is 0 Å². The molecule has 4 aromatic heterocycles. The molecule has 0 saturated heterocycles. The lowest BCUT2D eigenvalue weighted by molar-refractivity contribution is 0.666. The van der Waals surface area contributed by atoms with Crippen LogP contribution in [0.3, 0.4) is 0 Å². The number of hydrogen-bond acceptors (Lipinski definition) is 2. The highest BCUT2D eigenvalue weighted by Gasteiger charge is 2.25. The van der Waals surface area contributed by atoms with Crippen LogP contribution in [-0.4, -0.2) is 9.13 Å². The third-order valence-electron chi connectivity index (χ3n) is 12.1. The standard InChI is InChI=1S/C54H32N2O2/c1-2-15-33(16-3-1)34-31-32-45-52(40-20-5-9-25-43(40)56(45)47-28-13-22-38-36-18-7-11-30-49(36)58-54(38)47)51(34)41-23-14-26-44-50(41)39-19-4-8-24-42(39)55(44)46-27-12-21-37-35-17-6-10-29-48(35)57-53(37)46/h1-32H. The second kappa shape index (κ2) is 11.8. The van der Waals surface area contributed by atoms with Crippen molar-refractivity contribution in [3.63, 3.8) is 0 Å². The Labute approximate surface area is 332 Å². The van der Waals surface area contributed by atoms with E-state index in [0.29, 0.717) is 0 Å². The van der Waals surface area contributed by atoms with E-state index in [1.165, 1.54) is 43.8 Å². The molecule has 4 heteroatoms. The molecule has 0 unspecified atom stereocenters. The van der Waals surface area contributed by atoms with Crippen LogP contribution in [0.1, 0.15) is 0 Å². The molecule has 0 atom stereocenters. The first-order chi connectivity index (χ1) is 28.8. The Hall–Kier alpha value is -7.82. The van der Waals surface area contributed by atoms with Crippen LogP contribution in [0.4, 0.5) is 0 Å². The molecule has 0 aliphatic heterocycles. The van der Waals surface area contributed by atoms with E-state index in [1.54, 1.807) is 0 Å². The highest BCUT2D eigenvalue weighted by Crippen LogP contribution is 2.49. The average Bonchev–Trinajstić information content (AvgIpc) is 4.04. The number of hydrogen-bond donors (Lipinski definition) is 0. The molecule has 0 fully saturated rings. The molecule has 0 spiro atoms. The van der Waals surface area contributed by atoms with Gasteiger partial charge in [-0.05, 0) is 65.2 Å². The molecule has 58 heavy (non-hydrogen) atoms. The van der Waals surface area contributed by atoms with Gasteiger partial charge in [0.05, 0.1) is 33.4 Å². The maximum atomic E-state index is 6.68. The lowest BCUT2D eigenvalue weighted by atomic mass is 9.88. The fourth-order valence-corrected chi connectivity index (χ4v) is 9.76. The van der Waals surface area contributed by atoms with Gasteiger partial charge in [0, 0.05) is 48.7 Å². The summed E-state index contributed by atoms with van der Waals surface area (Å²) in [7, 11) is 0. The molecule has 13 rings (SSSR count). The zero-order valence-corrected chi connectivity index (χ0v) is 31.2. The summed E-state index contributed by atoms with van der Waals surface area (Å²) in [4.78, 5) is 0. The van der Waals surface area contributed by atoms with Crippen LogP contribution in [0.5, 0.6) is 0 Å². The fourth-order valence-electron chi connectivity index (χ4n) is 9.76. The number of rotatable bonds is 4. The van der Waals surface area contributed by atoms with Crippen molar-refractivity contribution in [3.8, 4) is 33.6 Å². The van der Waals surface area contributed by atoms with Crippen molar-refractivity contribution < 1.29 is 8.83 Å². The van der Waals surface area contributed by atoms with Gasteiger partial charge in [-0.3, -0.25) is 0 Å². The number of fused-ring (bicyclic) bond motifs is 12. The molecule has 0 N–H and O–H groups in total. The topological polar surface area (TPSA) is 36.1 Å². The summed E-state index contributed by atoms with van der Waals surface area (Å²) >= 11 is 0. The lowest BCUT2D eigenvalue weighted by Gasteiger charge is -2.16. The second-order valence-corrected chi connectivity index (χ2v) is 15.2. The third kappa shape index (κ3) is 4.23. The van der Waals surface area contributed by atoms with Crippen molar-refractivity contribution in [1.29, 1.82) is 0 Å². The Bertz CT molecular complexity index is 3800. The van der Waals surface area contributed by atoms with E-state index < -0.39 is 0 Å². The zero-order valence-electron chi connectivity index (χ0n) is 31.2. The van der Waals surface area contributed by atoms with Crippen molar-refractivity contribution >= 4 is 87.5 Å². The molecule has 9 aromatic carbocycles. The molecule has 0 amide bonds. The largest absolute Gasteiger partial charge is 0.454 e. The third-order valence-corrected chi connectivity index (χ3v) is 12.1. The molecule has 0 saturated carbocycles. The van der Waals surface area contributed by atoms with E-state index in [0.717, 1.165) is 77.3 Å². The minimum atomic E-state index is 0.880. The number of nitrogens with zero attached hydrogens (tertiary/aromatic N) is 2. The quantitative estimate of drug-likeness (QED) is 0.180. The van der Waals surface area contributed by atoms with Crippen molar-refractivity contribution in [1.82, 2.24) is 9.13 Å². The number of aromatic nitrogens is 2. The van der Waals surface area contributed by atoms with Gasteiger partial charge < -0.3 is 18.0 Å². The molecule has 0 aliphatic rings. The molecular formula is C54H32N2O2. The van der Waals surface area contributed by atoms with Crippen LogP contribution in [0.2, 0.25) is 0 Å². The Morgan fingerprint density at radius 1 is 0.293 bits per heavy atom. The first kappa shape index (κ1) is 31.4. The van der Waals surface area contributed by atoms with Gasteiger partial charge in [-0.15, -0.1) is 0 Å². The SMILES string of the molecule is c1ccc(-c2ccc3c(c2-c2cccc4c2c2ccccc2n4-c2cccc4c2oc2ccccc24)c2ccccc2n3-c2cccc3c2oc2ccccc23)cc1. The monoisotopic (exact) mass is 740 g/mol. The van der Waals surface area contributed by atoms with E-state index in [-0.39, 0.29) is 0 Å². The lowest BCUT2D eigenvalue weighted by Crippen LogP contribution is -1.95. The van der Waals surface area contributed by atoms with Gasteiger partial charge in [0.1, 0.15) is 11.2 Å². The van der Waals surface area contributed by atoms with Gasteiger partial charge in [0.2, 0.25) is 0 Å². The van der Waals surface area contributed by atoms with Crippen molar-refractivity contribution in [3.05, 3.63) is 194 Å². The van der Waals surface area contributed by atoms with Crippen LogP contribution in [0, 0.1) is 0 Å².